The van der Waals surface area contributed by atoms with Gasteiger partial charge in [0.1, 0.15) is 11.6 Å². The molecule has 3 aromatic rings. The van der Waals surface area contributed by atoms with Gasteiger partial charge in [-0.1, -0.05) is 0 Å². The van der Waals surface area contributed by atoms with Gasteiger partial charge in [0, 0.05) is 12.3 Å². The van der Waals surface area contributed by atoms with Gasteiger partial charge in [-0.25, -0.2) is 13.8 Å². The maximum Gasteiger partial charge on any atom is 0.184 e. The Morgan fingerprint density at radius 3 is 2.84 bits per heavy atom. The molecule has 0 bridgehead atoms. The van der Waals surface area contributed by atoms with Gasteiger partial charge in [-0.3, -0.25) is 4.57 Å². The Balaban J connectivity index is 2.40. The molecule has 19 heavy (non-hydrogen) atoms. The van der Waals surface area contributed by atoms with Crippen LogP contribution in [0.5, 0.6) is 0 Å². The van der Waals surface area contributed by atoms with Gasteiger partial charge in [-0.2, -0.15) is 0 Å². The summed E-state index contributed by atoms with van der Waals surface area (Å²) in [5, 5.41) is 0. The summed E-state index contributed by atoms with van der Waals surface area (Å²) >= 11 is 8.20. The second-order valence-corrected chi connectivity index (χ2v) is 5.10. The van der Waals surface area contributed by atoms with Gasteiger partial charge in [-0.15, -0.1) is 0 Å². The summed E-state index contributed by atoms with van der Waals surface area (Å²) in [6.07, 6.45) is 1.58. The van der Waals surface area contributed by atoms with Crippen LogP contribution in [0, 0.1) is 16.4 Å². The molecular formula is C12H6BrF2N3S. The Bertz CT molecular complexity index is 841. The predicted molar refractivity (Wildman–Crippen MR) is 73.9 cm³/mol. The van der Waals surface area contributed by atoms with Gasteiger partial charge in [-0.05, 0) is 46.3 Å². The van der Waals surface area contributed by atoms with Crippen LogP contribution in [0.15, 0.2) is 34.9 Å². The number of rotatable bonds is 1. The van der Waals surface area contributed by atoms with Crippen molar-refractivity contribution in [2.24, 2.45) is 0 Å². The molecule has 0 spiro atoms. The van der Waals surface area contributed by atoms with Crippen molar-refractivity contribution in [2.75, 3.05) is 0 Å². The van der Waals surface area contributed by atoms with Crippen molar-refractivity contribution in [1.82, 2.24) is 14.5 Å². The molecule has 0 saturated carbocycles. The van der Waals surface area contributed by atoms with E-state index in [2.05, 4.69) is 25.9 Å². The van der Waals surface area contributed by atoms with Crippen molar-refractivity contribution in [1.29, 1.82) is 0 Å². The van der Waals surface area contributed by atoms with Crippen LogP contribution in [0.3, 0.4) is 0 Å². The number of hydrogen-bond donors (Lipinski definition) is 1. The van der Waals surface area contributed by atoms with Gasteiger partial charge in [0.2, 0.25) is 0 Å². The van der Waals surface area contributed by atoms with Crippen LogP contribution in [0.2, 0.25) is 0 Å². The number of nitrogens with one attached hydrogen (secondary N) is 1. The number of benzene rings is 1. The molecule has 2 heterocycles. The molecule has 0 amide bonds. The first kappa shape index (κ1) is 12.4. The van der Waals surface area contributed by atoms with E-state index < -0.39 is 11.6 Å². The molecule has 7 heteroatoms. The highest BCUT2D eigenvalue weighted by atomic mass is 79.9. The third kappa shape index (κ3) is 1.98. The van der Waals surface area contributed by atoms with E-state index in [9.17, 15) is 8.78 Å². The van der Waals surface area contributed by atoms with E-state index in [-0.39, 0.29) is 10.2 Å². The quantitative estimate of drug-likeness (QED) is 0.533. The van der Waals surface area contributed by atoms with Crippen LogP contribution in [-0.2, 0) is 0 Å². The van der Waals surface area contributed by atoms with Crippen LogP contribution in [-0.4, -0.2) is 14.5 Å². The molecule has 0 aliphatic heterocycles. The number of nitrogens with zero attached hydrogens (tertiary/aromatic N) is 2. The second-order valence-electron chi connectivity index (χ2n) is 3.86. The van der Waals surface area contributed by atoms with Crippen molar-refractivity contribution < 1.29 is 8.78 Å². The molecule has 3 nitrogen and oxygen atoms in total. The third-order valence-electron chi connectivity index (χ3n) is 2.67. The Morgan fingerprint density at radius 1 is 1.26 bits per heavy atom. The fourth-order valence-corrected chi connectivity index (χ4v) is 2.47. The molecule has 1 aromatic carbocycles. The zero-order valence-corrected chi connectivity index (χ0v) is 11.7. The average molecular weight is 342 g/mol. The van der Waals surface area contributed by atoms with Gasteiger partial charge < -0.3 is 4.98 Å². The first-order chi connectivity index (χ1) is 9.08. The van der Waals surface area contributed by atoms with Gasteiger partial charge in [0.05, 0.1) is 15.7 Å². The summed E-state index contributed by atoms with van der Waals surface area (Å²) in [4.78, 5) is 7.09. The molecule has 96 valence electrons. The number of pyridine rings is 1. The van der Waals surface area contributed by atoms with E-state index in [4.69, 9.17) is 12.2 Å². The van der Waals surface area contributed by atoms with E-state index in [1.807, 2.05) is 0 Å². The largest absolute Gasteiger partial charge is 0.329 e. The molecule has 0 unspecified atom stereocenters. The van der Waals surface area contributed by atoms with E-state index in [1.165, 1.54) is 10.6 Å². The highest BCUT2D eigenvalue weighted by Crippen LogP contribution is 2.25. The highest BCUT2D eigenvalue weighted by molar-refractivity contribution is 9.10. The van der Waals surface area contributed by atoms with Crippen molar-refractivity contribution in [3.63, 3.8) is 0 Å². The van der Waals surface area contributed by atoms with Gasteiger partial charge in [0.25, 0.3) is 0 Å². The molecule has 0 atom stereocenters. The summed E-state index contributed by atoms with van der Waals surface area (Å²) in [6.45, 7) is 0. The van der Waals surface area contributed by atoms with Crippen LogP contribution < -0.4 is 0 Å². The lowest BCUT2D eigenvalue weighted by Gasteiger charge is -2.06. The molecule has 0 fully saturated rings. The zero-order valence-electron chi connectivity index (χ0n) is 9.32. The zero-order chi connectivity index (χ0) is 13.6. The standard InChI is InChI=1S/C12H6BrF2N3S/c13-6-4-10(8(15)5-7(6)14)18-11-9(17-12(18)19)2-1-3-16-11/h1-5H,(H,17,19). The Labute approximate surface area is 120 Å². The number of H-pyrrole nitrogens is 1. The SMILES string of the molecule is Fc1cc(F)c(-n2c(=S)[nH]c3cccnc32)cc1Br. The van der Waals surface area contributed by atoms with Crippen LogP contribution in [0.4, 0.5) is 8.78 Å². The number of aromatic nitrogens is 3. The fourth-order valence-electron chi connectivity index (χ4n) is 1.85. The van der Waals surface area contributed by atoms with Crippen molar-refractivity contribution >= 4 is 39.3 Å². The lowest BCUT2D eigenvalue weighted by atomic mass is 10.3. The number of halogens is 3. The maximum atomic E-state index is 13.9. The molecule has 0 aliphatic rings. The molecule has 0 aliphatic carbocycles. The summed E-state index contributed by atoms with van der Waals surface area (Å²) in [7, 11) is 0. The van der Waals surface area contributed by atoms with Crippen molar-refractivity contribution in [3.05, 3.63) is 51.3 Å². The smallest absolute Gasteiger partial charge is 0.184 e. The lowest BCUT2D eigenvalue weighted by Crippen LogP contribution is -2.00. The maximum absolute atomic E-state index is 13.9. The predicted octanol–water partition coefficient (Wildman–Crippen LogP) is 4.12. The van der Waals surface area contributed by atoms with Crippen molar-refractivity contribution in [3.8, 4) is 5.69 Å². The van der Waals surface area contributed by atoms with Gasteiger partial charge in [0.15, 0.2) is 10.4 Å². The average Bonchev–Trinajstić information content (AvgIpc) is 2.70. The van der Waals surface area contributed by atoms with Crippen LogP contribution in [0.25, 0.3) is 16.9 Å². The minimum Gasteiger partial charge on any atom is -0.329 e. The number of imidazole rings is 1. The number of fused-ring (bicyclic) bond motifs is 1. The summed E-state index contributed by atoms with van der Waals surface area (Å²) < 4.78 is 29.1. The van der Waals surface area contributed by atoms with Crippen LogP contribution in [0.1, 0.15) is 0 Å². The van der Waals surface area contributed by atoms with Gasteiger partial charge >= 0.3 is 0 Å². The minimum atomic E-state index is -0.705. The molecular weight excluding hydrogens is 336 g/mol. The Hall–Kier alpha value is -1.60. The first-order valence-electron chi connectivity index (χ1n) is 5.28. The second kappa shape index (κ2) is 4.50. The van der Waals surface area contributed by atoms with E-state index >= 15 is 0 Å². The number of aromatic amines is 1. The van der Waals surface area contributed by atoms with Crippen LogP contribution >= 0.6 is 28.1 Å². The Kier molecular flexibility index (Phi) is 2.94. The molecule has 0 radical (unpaired) electrons. The minimum absolute atomic E-state index is 0.142. The molecule has 1 N–H and O–H groups in total. The monoisotopic (exact) mass is 341 g/mol. The summed E-state index contributed by atoms with van der Waals surface area (Å²) in [6, 6.07) is 5.67. The Morgan fingerprint density at radius 2 is 2.05 bits per heavy atom. The molecule has 2 aromatic heterocycles. The molecule has 0 saturated heterocycles. The fraction of sp³-hybridized carbons (Fsp3) is 0. The van der Waals surface area contributed by atoms with Crippen molar-refractivity contribution in [2.45, 2.75) is 0 Å². The molecule has 3 rings (SSSR count). The van der Waals surface area contributed by atoms with E-state index in [0.717, 1.165) is 6.07 Å². The normalized spacial score (nSPS) is 11.1. The first-order valence-corrected chi connectivity index (χ1v) is 6.48. The van der Waals surface area contributed by atoms with E-state index in [0.29, 0.717) is 15.9 Å². The summed E-state index contributed by atoms with van der Waals surface area (Å²) in [5.74, 6) is -1.37. The number of hydrogen-bond acceptors (Lipinski definition) is 2. The highest BCUT2D eigenvalue weighted by Gasteiger charge is 2.14. The van der Waals surface area contributed by atoms with E-state index in [1.54, 1.807) is 18.3 Å². The lowest BCUT2D eigenvalue weighted by molar-refractivity contribution is 0.574. The topological polar surface area (TPSA) is 33.6 Å². The summed E-state index contributed by atoms with van der Waals surface area (Å²) in [5.41, 5.74) is 1.32. The third-order valence-corrected chi connectivity index (χ3v) is 3.57.